The van der Waals surface area contributed by atoms with Crippen LogP contribution in [0.4, 0.5) is 0 Å². The Morgan fingerprint density at radius 1 is 1.10 bits per heavy atom. The maximum atomic E-state index is 5.97. The van der Waals surface area contributed by atoms with Gasteiger partial charge in [0.2, 0.25) is 0 Å². The molecule has 1 aliphatic rings. The lowest BCUT2D eigenvalue weighted by Crippen LogP contribution is -2.15. The third-order valence-corrected chi connectivity index (χ3v) is 4.01. The van der Waals surface area contributed by atoms with Gasteiger partial charge in [-0.1, -0.05) is 25.1 Å². The van der Waals surface area contributed by atoms with Gasteiger partial charge < -0.3 is 10.1 Å². The zero-order valence-electron chi connectivity index (χ0n) is 12.9. The second-order valence-electron chi connectivity index (χ2n) is 5.85. The van der Waals surface area contributed by atoms with Gasteiger partial charge in [0.1, 0.15) is 11.5 Å². The van der Waals surface area contributed by atoms with Gasteiger partial charge in [-0.3, -0.25) is 0 Å². The second kappa shape index (κ2) is 6.31. The van der Waals surface area contributed by atoms with Crippen molar-refractivity contribution in [3.8, 4) is 11.5 Å². The van der Waals surface area contributed by atoms with Gasteiger partial charge in [-0.2, -0.15) is 0 Å². The topological polar surface area (TPSA) is 21.3 Å². The number of hydrogen-bond donors (Lipinski definition) is 1. The molecule has 0 atom stereocenters. The van der Waals surface area contributed by atoms with Gasteiger partial charge in [-0.15, -0.1) is 0 Å². The molecular formula is C19H23NO. The third-order valence-electron chi connectivity index (χ3n) is 4.01. The van der Waals surface area contributed by atoms with Gasteiger partial charge in [-0.05, 0) is 67.1 Å². The summed E-state index contributed by atoms with van der Waals surface area (Å²) in [5, 5.41) is 3.56. The fourth-order valence-electron chi connectivity index (χ4n) is 2.44. The van der Waals surface area contributed by atoms with E-state index in [0.717, 1.165) is 30.5 Å². The molecule has 2 aromatic rings. The number of ether oxygens (including phenoxy) is 1. The normalized spacial score (nSPS) is 14.2. The van der Waals surface area contributed by atoms with Crippen LogP contribution in [0.3, 0.4) is 0 Å². The molecule has 110 valence electrons. The third kappa shape index (κ3) is 3.85. The van der Waals surface area contributed by atoms with Crippen LogP contribution in [0, 0.1) is 6.92 Å². The van der Waals surface area contributed by atoms with E-state index in [4.69, 9.17) is 4.74 Å². The van der Waals surface area contributed by atoms with Gasteiger partial charge in [0.25, 0.3) is 0 Å². The van der Waals surface area contributed by atoms with E-state index in [2.05, 4.69) is 55.6 Å². The molecule has 0 amide bonds. The van der Waals surface area contributed by atoms with Crippen LogP contribution in [0.5, 0.6) is 11.5 Å². The van der Waals surface area contributed by atoms with Crippen LogP contribution in [0.25, 0.3) is 0 Å². The number of rotatable bonds is 6. The summed E-state index contributed by atoms with van der Waals surface area (Å²) >= 11 is 0. The smallest absolute Gasteiger partial charge is 0.127 e. The average molecular weight is 281 g/mol. The highest BCUT2D eigenvalue weighted by Crippen LogP contribution is 2.25. The average Bonchev–Trinajstić information content (AvgIpc) is 3.31. The molecule has 0 radical (unpaired) electrons. The largest absolute Gasteiger partial charge is 0.457 e. The maximum absolute atomic E-state index is 5.97. The molecule has 1 aliphatic carbocycles. The molecule has 1 fully saturated rings. The lowest BCUT2D eigenvalue weighted by molar-refractivity contribution is 0.481. The van der Waals surface area contributed by atoms with Crippen LogP contribution < -0.4 is 10.1 Å². The fourth-order valence-corrected chi connectivity index (χ4v) is 2.44. The van der Waals surface area contributed by atoms with E-state index >= 15 is 0 Å². The van der Waals surface area contributed by atoms with Crippen molar-refractivity contribution >= 4 is 0 Å². The first-order valence-electron chi connectivity index (χ1n) is 7.84. The van der Waals surface area contributed by atoms with E-state index < -0.39 is 0 Å². The Morgan fingerprint density at radius 2 is 1.90 bits per heavy atom. The highest BCUT2D eigenvalue weighted by Gasteiger charge is 2.20. The van der Waals surface area contributed by atoms with E-state index in [1.165, 1.54) is 29.5 Å². The molecule has 2 aromatic carbocycles. The molecule has 21 heavy (non-hydrogen) atoms. The summed E-state index contributed by atoms with van der Waals surface area (Å²) < 4.78 is 5.97. The highest BCUT2D eigenvalue weighted by atomic mass is 16.5. The zero-order chi connectivity index (χ0) is 14.7. The molecule has 0 saturated heterocycles. The summed E-state index contributed by atoms with van der Waals surface area (Å²) in [6, 6.07) is 15.4. The van der Waals surface area contributed by atoms with Crippen LogP contribution in [0.1, 0.15) is 36.5 Å². The van der Waals surface area contributed by atoms with Crippen molar-refractivity contribution in [3.05, 3.63) is 59.2 Å². The molecule has 3 rings (SSSR count). The number of hydrogen-bond acceptors (Lipinski definition) is 2. The number of benzene rings is 2. The van der Waals surface area contributed by atoms with Crippen LogP contribution in [-0.2, 0) is 13.0 Å². The predicted molar refractivity (Wildman–Crippen MR) is 86.9 cm³/mol. The Bertz CT molecular complexity index is 617. The minimum Gasteiger partial charge on any atom is -0.457 e. The van der Waals surface area contributed by atoms with Crippen molar-refractivity contribution in [1.29, 1.82) is 0 Å². The van der Waals surface area contributed by atoms with E-state index in [1.54, 1.807) is 0 Å². The summed E-state index contributed by atoms with van der Waals surface area (Å²) in [6.07, 6.45) is 3.68. The molecule has 0 aliphatic heterocycles. The molecule has 0 aromatic heterocycles. The molecule has 0 heterocycles. The molecule has 0 unspecified atom stereocenters. The number of nitrogens with one attached hydrogen (secondary N) is 1. The van der Waals surface area contributed by atoms with Crippen LogP contribution in [-0.4, -0.2) is 6.04 Å². The van der Waals surface area contributed by atoms with E-state index in [9.17, 15) is 0 Å². The Kier molecular flexibility index (Phi) is 4.26. The van der Waals surface area contributed by atoms with Crippen molar-refractivity contribution in [3.63, 3.8) is 0 Å². The summed E-state index contributed by atoms with van der Waals surface area (Å²) in [5.74, 6) is 1.83. The zero-order valence-corrected chi connectivity index (χ0v) is 12.9. The standard InChI is InChI=1S/C19H23NO/c1-3-15-5-4-6-18(12-15)21-19-10-7-16(14(2)11-19)13-20-17-8-9-17/h4-7,10-12,17,20H,3,8-9,13H2,1-2H3. The van der Waals surface area contributed by atoms with Gasteiger partial charge in [0.15, 0.2) is 0 Å². The van der Waals surface area contributed by atoms with Crippen molar-refractivity contribution in [1.82, 2.24) is 5.32 Å². The minimum atomic E-state index is 0.747. The second-order valence-corrected chi connectivity index (χ2v) is 5.85. The van der Waals surface area contributed by atoms with Crippen molar-refractivity contribution in [2.24, 2.45) is 0 Å². The maximum Gasteiger partial charge on any atom is 0.127 e. The van der Waals surface area contributed by atoms with Crippen LogP contribution in [0.15, 0.2) is 42.5 Å². The molecule has 0 bridgehead atoms. The lowest BCUT2D eigenvalue weighted by Gasteiger charge is -2.11. The Balaban J connectivity index is 1.68. The highest BCUT2D eigenvalue weighted by molar-refractivity contribution is 5.39. The van der Waals surface area contributed by atoms with E-state index in [0.29, 0.717) is 0 Å². The van der Waals surface area contributed by atoms with Gasteiger partial charge in [0, 0.05) is 12.6 Å². The molecule has 2 nitrogen and oxygen atoms in total. The minimum absolute atomic E-state index is 0.747. The van der Waals surface area contributed by atoms with Crippen molar-refractivity contribution in [2.45, 2.75) is 45.7 Å². The SMILES string of the molecule is CCc1cccc(Oc2ccc(CNC3CC3)c(C)c2)c1. The Morgan fingerprint density at radius 3 is 2.62 bits per heavy atom. The molecule has 1 saturated carbocycles. The summed E-state index contributed by atoms with van der Waals surface area (Å²) in [4.78, 5) is 0. The lowest BCUT2D eigenvalue weighted by atomic mass is 10.1. The van der Waals surface area contributed by atoms with Crippen molar-refractivity contribution in [2.75, 3.05) is 0 Å². The Labute approximate surface area is 127 Å². The summed E-state index contributed by atoms with van der Waals surface area (Å²) in [5.41, 5.74) is 3.94. The fraction of sp³-hybridized carbons (Fsp3) is 0.368. The van der Waals surface area contributed by atoms with Crippen molar-refractivity contribution < 1.29 is 4.74 Å². The first kappa shape index (κ1) is 14.2. The van der Waals surface area contributed by atoms with E-state index in [-0.39, 0.29) is 0 Å². The summed E-state index contributed by atoms with van der Waals surface area (Å²) in [7, 11) is 0. The molecule has 2 heteroatoms. The van der Waals surface area contributed by atoms with Gasteiger partial charge in [-0.25, -0.2) is 0 Å². The predicted octanol–water partition coefficient (Wildman–Crippen LogP) is 4.60. The Hall–Kier alpha value is -1.80. The van der Waals surface area contributed by atoms with Gasteiger partial charge in [0.05, 0.1) is 0 Å². The summed E-state index contributed by atoms with van der Waals surface area (Å²) in [6.45, 7) is 5.27. The molecular weight excluding hydrogens is 258 g/mol. The monoisotopic (exact) mass is 281 g/mol. The first-order valence-corrected chi connectivity index (χ1v) is 7.84. The molecule has 1 N–H and O–H groups in total. The van der Waals surface area contributed by atoms with Gasteiger partial charge >= 0.3 is 0 Å². The number of aryl methyl sites for hydroxylation is 2. The van der Waals surface area contributed by atoms with E-state index in [1.807, 2.05) is 6.07 Å². The van der Waals surface area contributed by atoms with Crippen LogP contribution in [0.2, 0.25) is 0 Å². The first-order chi connectivity index (χ1) is 10.2. The quantitative estimate of drug-likeness (QED) is 0.835. The van der Waals surface area contributed by atoms with Crippen LogP contribution >= 0.6 is 0 Å². The molecule has 0 spiro atoms.